The van der Waals surface area contributed by atoms with Crippen LogP contribution in [-0.4, -0.2) is 30.8 Å². The highest BCUT2D eigenvalue weighted by molar-refractivity contribution is 5.99. The standard InChI is InChI=1S/C22H24N2O5/c1-2-27-17-8-5-15(6-9-17)21(26)23-14-20(25)24-16-7-10-18-19(13-16)29-22(28-18)11-3-4-12-22/h5-10,13H,2-4,11-12,14H2,1H3,(H,23,26)(H,24,25). The third kappa shape index (κ3) is 4.29. The van der Waals surface area contributed by atoms with E-state index in [2.05, 4.69) is 10.6 Å². The van der Waals surface area contributed by atoms with E-state index in [0.717, 1.165) is 25.7 Å². The van der Waals surface area contributed by atoms with Crippen LogP contribution in [0.1, 0.15) is 43.0 Å². The molecule has 7 nitrogen and oxygen atoms in total. The number of ether oxygens (including phenoxy) is 3. The van der Waals surface area contributed by atoms with Crippen molar-refractivity contribution in [3.8, 4) is 17.2 Å². The number of carbonyl (C=O) groups excluding carboxylic acids is 2. The van der Waals surface area contributed by atoms with Crippen LogP contribution >= 0.6 is 0 Å². The van der Waals surface area contributed by atoms with Crippen molar-refractivity contribution in [2.24, 2.45) is 0 Å². The van der Waals surface area contributed by atoms with Crippen LogP contribution in [0.2, 0.25) is 0 Å². The van der Waals surface area contributed by atoms with Crippen LogP contribution in [0, 0.1) is 0 Å². The molecule has 0 bridgehead atoms. The van der Waals surface area contributed by atoms with Gasteiger partial charge in [-0.05, 0) is 56.2 Å². The number of fused-ring (bicyclic) bond motifs is 1. The summed E-state index contributed by atoms with van der Waals surface area (Å²) in [6, 6.07) is 12.1. The van der Waals surface area contributed by atoms with Crippen molar-refractivity contribution in [1.29, 1.82) is 0 Å². The molecule has 2 aliphatic rings. The van der Waals surface area contributed by atoms with Crippen molar-refractivity contribution in [3.05, 3.63) is 48.0 Å². The van der Waals surface area contributed by atoms with Gasteiger partial charge in [0.25, 0.3) is 11.7 Å². The Morgan fingerprint density at radius 3 is 2.48 bits per heavy atom. The molecule has 1 spiro atoms. The summed E-state index contributed by atoms with van der Waals surface area (Å²) in [6.07, 6.45) is 3.93. The first-order valence-electron chi connectivity index (χ1n) is 9.90. The molecule has 4 rings (SSSR count). The topological polar surface area (TPSA) is 85.9 Å². The fourth-order valence-electron chi connectivity index (χ4n) is 3.63. The average Bonchev–Trinajstić information content (AvgIpc) is 3.32. The Kier molecular flexibility index (Phi) is 5.29. The molecule has 152 valence electrons. The maximum Gasteiger partial charge on any atom is 0.251 e. The number of hydrogen-bond acceptors (Lipinski definition) is 5. The summed E-state index contributed by atoms with van der Waals surface area (Å²) in [6.45, 7) is 2.32. The molecule has 2 N–H and O–H groups in total. The molecule has 0 atom stereocenters. The second-order valence-electron chi connectivity index (χ2n) is 7.17. The van der Waals surface area contributed by atoms with E-state index in [4.69, 9.17) is 14.2 Å². The molecular formula is C22H24N2O5. The average molecular weight is 396 g/mol. The summed E-state index contributed by atoms with van der Waals surface area (Å²) < 4.78 is 17.3. The third-order valence-corrected chi connectivity index (χ3v) is 5.02. The van der Waals surface area contributed by atoms with E-state index in [1.54, 1.807) is 42.5 Å². The van der Waals surface area contributed by atoms with Gasteiger partial charge >= 0.3 is 0 Å². The molecular weight excluding hydrogens is 372 g/mol. The molecule has 1 fully saturated rings. The first-order valence-corrected chi connectivity index (χ1v) is 9.90. The normalized spacial score (nSPS) is 15.9. The lowest BCUT2D eigenvalue weighted by Crippen LogP contribution is -2.34. The quantitative estimate of drug-likeness (QED) is 0.781. The zero-order chi connectivity index (χ0) is 20.3. The first kappa shape index (κ1) is 19.1. The monoisotopic (exact) mass is 396 g/mol. The van der Waals surface area contributed by atoms with E-state index in [9.17, 15) is 9.59 Å². The number of benzene rings is 2. The molecule has 1 saturated carbocycles. The highest BCUT2D eigenvalue weighted by Gasteiger charge is 2.44. The molecule has 0 unspecified atom stereocenters. The van der Waals surface area contributed by atoms with Gasteiger partial charge in [0, 0.05) is 30.2 Å². The van der Waals surface area contributed by atoms with Crippen LogP contribution in [0.15, 0.2) is 42.5 Å². The van der Waals surface area contributed by atoms with Crippen molar-refractivity contribution < 1.29 is 23.8 Å². The van der Waals surface area contributed by atoms with Crippen LogP contribution < -0.4 is 24.8 Å². The van der Waals surface area contributed by atoms with Gasteiger partial charge in [-0.25, -0.2) is 0 Å². The summed E-state index contributed by atoms with van der Waals surface area (Å²) in [5, 5.41) is 5.39. The Hall–Kier alpha value is -3.22. The number of hydrogen-bond donors (Lipinski definition) is 2. The van der Waals surface area contributed by atoms with Gasteiger partial charge in [0.05, 0.1) is 13.2 Å². The van der Waals surface area contributed by atoms with Crippen molar-refractivity contribution in [3.63, 3.8) is 0 Å². The van der Waals surface area contributed by atoms with E-state index in [1.165, 1.54) is 0 Å². The van der Waals surface area contributed by atoms with Gasteiger partial charge in [-0.15, -0.1) is 0 Å². The second-order valence-corrected chi connectivity index (χ2v) is 7.17. The maximum atomic E-state index is 12.2. The minimum atomic E-state index is -0.531. The molecule has 1 heterocycles. The number of rotatable bonds is 6. The molecule has 0 saturated heterocycles. The summed E-state index contributed by atoms with van der Waals surface area (Å²) in [5.41, 5.74) is 1.06. The predicted octanol–water partition coefficient (Wildman–Crippen LogP) is 3.50. The van der Waals surface area contributed by atoms with Crippen molar-refractivity contribution in [2.45, 2.75) is 38.4 Å². The number of carbonyl (C=O) groups is 2. The second kappa shape index (κ2) is 8.03. The highest BCUT2D eigenvalue weighted by Crippen LogP contribution is 2.47. The molecule has 29 heavy (non-hydrogen) atoms. The van der Waals surface area contributed by atoms with E-state index in [0.29, 0.717) is 35.1 Å². The Bertz CT molecular complexity index is 904. The van der Waals surface area contributed by atoms with Gasteiger partial charge < -0.3 is 24.8 Å². The van der Waals surface area contributed by atoms with Crippen LogP contribution in [-0.2, 0) is 4.79 Å². The molecule has 7 heteroatoms. The van der Waals surface area contributed by atoms with Crippen molar-refractivity contribution >= 4 is 17.5 Å². The Balaban J connectivity index is 1.30. The predicted molar refractivity (Wildman–Crippen MR) is 107 cm³/mol. The number of nitrogens with one attached hydrogen (secondary N) is 2. The van der Waals surface area contributed by atoms with Crippen molar-refractivity contribution in [2.75, 3.05) is 18.5 Å². The fraction of sp³-hybridized carbons (Fsp3) is 0.364. The summed E-state index contributed by atoms with van der Waals surface area (Å²) in [5.74, 6) is 0.869. The minimum absolute atomic E-state index is 0.134. The Labute approximate surface area is 169 Å². The van der Waals surface area contributed by atoms with Gasteiger partial charge in [0.2, 0.25) is 5.91 Å². The Morgan fingerprint density at radius 1 is 1.03 bits per heavy atom. The van der Waals surface area contributed by atoms with Gasteiger partial charge in [0.1, 0.15) is 5.75 Å². The lowest BCUT2D eigenvalue weighted by molar-refractivity contribution is -0.115. The SMILES string of the molecule is CCOc1ccc(C(=O)NCC(=O)Nc2ccc3c(c2)OC2(CCCC2)O3)cc1. The van der Waals surface area contributed by atoms with Gasteiger partial charge in [-0.1, -0.05) is 0 Å². The molecule has 2 aromatic rings. The van der Waals surface area contributed by atoms with E-state index < -0.39 is 5.79 Å². The molecule has 0 radical (unpaired) electrons. The zero-order valence-corrected chi connectivity index (χ0v) is 16.3. The maximum absolute atomic E-state index is 12.2. The van der Waals surface area contributed by atoms with E-state index in [1.807, 2.05) is 6.92 Å². The van der Waals surface area contributed by atoms with Gasteiger partial charge in [0.15, 0.2) is 11.5 Å². The van der Waals surface area contributed by atoms with E-state index >= 15 is 0 Å². The minimum Gasteiger partial charge on any atom is -0.494 e. The number of anilines is 1. The largest absolute Gasteiger partial charge is 0.494 e. The third-order valence-electron chi connectivity index (χ3n) is 5.02. The number of amides is 2. The fourth-order valence-corrected chi connectivity index (χ4v) is 3.63. The summed E-state index contributed by atoms with van der Waals surface area (Å²) in [7, 11) is 0. The lowest BCUT2D eigenvalue weighted by atomic mass is 10.2. The molecule has 1 aliphatic heterocycles. The molecule has 1 aliphatic carbocycles. The van der Waals surface area contributed by atoms with Crippen LogP contribution in [0.4, 0.5) is 5.69 Å². The van der Waals surface area contributed by atoms with E-state index in [-0.39, 0.29) is 18.4 Å². The highest BCUT2D eigenvalue weighted by atomic mass is 16.7. The molecule has 2 amide bonds. The first-order chi connectivity index (χ1) is 14.1. The molecule has 2 aromatic carbocycles. The molecule has 0 aromatic heterocycles. The summed E-state index contributed by atoms with van der Waals surface area (Å²) >= 11 is 0. The van der Waals surface area contributed by atoms with Crippen LogP contribution in [0.25, 0.3) is 0 Å². The lowest BCUT2D eigenvalue weighted by Gasteiger charge is -2.21. The zero-order valence-electron chi connectivity index (χ0n) is 16.3. The van der Waals surface area contributed by atoms with Gasteiger partial charge in [-0.3, -0.25) is 9.59 Å². The smallest absolute Gasteiger partial charge is 0.251 e. The Morgan fingerprint density at radius 2 is 1.76 bits per heavy atom. The summed E-state index contributed by atoms with van der Waals surface area (Å²) in [4.78, 5) is 24.4. The van der Waals surface area contributed by atoms with Gasteiger partial charge in [-0.2, -0.15) is 0 Å². The van der Waals surface area contributed by atoms with Crippen molar-refractivity contribution in [1.82, 2.24) is 5.32 Å². The van der Waals surface area contributed by atoms with Crippen LogP contribution in [0.3, 0.4) is 0 Å². The van der Waals surface area contributed by atoms with Crippen LogP contribution in [0.5, 0.6) is 17.2 Å².